The minimum absolute atomic E-state index is 0.0617. The van der Waals surface area contributed by atoms with Crippen molar-refractivity contribution >= 4 is 11.8 Å². The lowest BCUT2D eigenvalue weighted by Crippen LogP contribution is -2.38. The van der Waals surface area contributed by atoms with Crippen LogP contribution in [0.1, 0.15) is 44.0 Å². The first-order valence-corrected chi connectivity index (χ1v) is 8.62. The summed E-state index contributed by atoms with van der Waals surface area (Å²) < 4.78 is 18.7. The molecule has 0 aromatic heterocycles. The van der Waals surface area contributed by atoms with E-state index in [4.69, 9.17) is 4.74 Å². The highest BCUT2D eigenvalue weighted by molar-refractivity contribution is 5.97. The second-order valence-corrected chi connectivity index (χ2v) is 7.61. The van der Waals surface area contributed by atoms with E-state index in [2.05, 4.69) is 0 Å². The van der Waals surface area contributed by atoms with Crippen molar-refractivity contribution in [3.05, 3.63) is 29.6 Å². The van der Waals surface area contributed by atoms with Gasteiger partial charge >= 0.3 is 0 Å². The summed E-state index contributed by atoms with van der Waals surface area (Å²) in [5, 5.41) is 0. The van der Waals surface area contributed by atoms with Gasteiger partial charge in [-0.05, 0) is 30.0 Å². The van der Waals surface area contributed by atoms with Crippen LogP contribution in [0.4, 0.5) is 4.39 Å². The van der Waals surface area contributed by atoms with E-state index in [1.807, 2.05) is 25.7 Å². The lowest BCUT2D eigenvalue weighted by atomic mass is 9.91. The van der Waals surface area contributed by atoms with E-state index in [9.17, 15) is 14.0 Å². The van der Waals surface area contributed by atoms with Crippen LogP contribution in [0.25, 0.3) is 0 Å². The van der Waals surface area contributed by atoms with Crippen LogP contribution in [-0.2, 0) is 4.79 Å². The Morgan fingerprint density at radius 1 is 1.12 bits per heavy atom. The van der Waals surface area contributed by atoms with E-state index >= 15 is 0 Å². The number of carbonyl (C=O) groups is 2. The maximum atomic E-state index is 13.5. The first kappa shape index (κ1) is 19.2. The zero-order chi connectivity index (χ0) is 18.6. The number of carbonyl (C=O) groups excluding carboxylic acids is 2. The molecule has 0 saturated carbocycles. The molecule has 5 nitrogen and oxygen atoms in total. The van der Waals surface area contributed by atoms with Crippen LogP contribution in [-0.4, -0.2) is 54.9 Å². The van der Waals surface area contributed by atoms with Gasteiger partial charge in [-0.15, -0.1) is 0 Å². The van der Waals surface area contributed by atoms with Gasteiger partial charge in [0.15, 0.2) is 0 Å². The summed E-state index contributed by atoms with van der Waals surface area (Å²) in [4.78, 5) is 28.7. The fourth-order valence-corrected chi connectivity index (χ4v) is 2.95. The van der Waals surface area contributed by atoms with Crippen molar-refractivity contribution in [1.82, 2.24) is 9.80 Å². The highest BCUT2D eigenvalue weighted by Crippen LogP contribution is 2.23. The molecular weight excluding hydrogens is 323 g/mol. The molecule has 2 amide bonds. The second-order valence-electron chi connectivity index (χ2n) is 7.61. The Labute approximate surface area is 148 Å². The summed E-state index contributed by atoms with van der Waals surface area (Å²) in [7, 11) is 1.46. The topological polar surface area (TPSA) is 49.9 Å². The molecule has 1 heterocycles. The molecule has 1 saturated heterocycles. The Morgan fingerprint density at radius 2 is 1.76 bits per heavy atom. The third-order valence-electron chi connectivity index (χ3n) is 4.21. The number of ether oxygens (including phenoxy) is 1. The van der Waals surface area contributed by atoms with E-state index < -0.39 is 5.82 Å². The monoisotopic (exact) mass is 350 g/mol. The summed E-state index contributed by atoms with van der Waals surface area (Å²) in [5.41, 5.74) is 0.158. The molecule has 138 valence electrons. The van der Waals surface area contributed by atoms with Crippen molar-refractivity contribution in [3.63, 3.8) is 0 Å². The number of benzene rings is 1. The molecule has 1 aromatic carbocycles. The SMILES string of the molecule is COc1ccc(F)cc1C(=O)N1CCCN(C(=O)CC(C)(C)C)CC1. The molecule has 1 aromatic rings. The number of hydrogen-bond donors (Lipinski definition) is 0. The lowest BCUT2D eigenvalue weighted by Gasteiger charge is -2.26. The standard InChI is InChI=1S/C19H27FN2O3/c1-19(2,3)13-17(23)21-8-5-9-22(11-10-21)18(24)15-12-14(20)6-7-16(15)25-4/h6-7,12H,5,8-11,13H2,1-4H3. The average Bonchev–Trinajstić information content (AvgIpc) is 2.78. The Bertz CT molecular complexity index is 640. The number of halogens is 1. The van der Waals surface area contributed by atoms with Gasteiger partial charge < -0.3 is 14.5 Å². The molecule has 1 aliphatic heterocycles. The largest absolute Gasteiger partial charge is 0.496 e. The average molecular weight is 350 g/mol. The van der Waals surface area contributed by atoms with Crippen LogP contribution in [0.2, 0.25) is 0 Å². The van der Waals surface area contributed by atoms with E-state index in [1.54, 1.807) is 4.90 Å². The fraction of sp³-hybridized carbons (Fsp3) is 0.579. The minimum Gasteiger partial charge on any atom is -0.496 e. The number of nitrogens with zero attached hydrogens (tertiary/aromatic N) is 2. The van der Waals surface area contributed by atoms with Crippen LogP contribution in [0.5, 0.6) is 5.75 Å². The van der Waals surface area contributed by atoms with Crippen LogP contribution < -0.4 is 4.74 Å². The molecule has 0 N–H and O–H groups in total. The van der Waals surface area contributed by atoms with Gasteiger partial charge in [0, 0.05) is 32.6 Å². The summed E-state index contributed by atoms with van der Waals surface area (Å²) in [6.45, 7) is 8.22. The van der Waals surface area contributed by atoms with Gasteiger partial charge in [0.1, 0.15) is 11.6 Å². The molecule has 6 heteroatoms. The highest BCUT2D eigenvalue weighted by Gasteiger charge is 2.26. The third kappa shape index (κ3) is 5.18. The molecule has 1 fully saturated rings. The highest BCUT2D eigenvalue weighted by atomic mass is 19.1. The third-order valence-corrected chi connectivity index (χ3v) is 4.21. The molecule has 0 bridgehead atoms. The first-order valence-electron chi connectivity index (χ1n) is 8.62. The molecule has 0 aliphatic carbocycles. The number of amides is 2. The molecule has 1 aliphatic rings. The molecule has 2 rings (SSSR count). The van der Waals surface area contributed by atoms with Gasteiger partial charge in [-0.3, -0.25) is 9.59 Å². The lowest BCUT2D eigenvalue weighted by molar-refractivity contribution is -0.132. The maximum Gasteiger partial charge on any atom is 0.257 e. The predicted molar refractivity (Wildman–Crippen MR) is 94.1 cm³/mol. The molecule has 0 atom stereocenters. The smallest absolute Gasteiger partial charge is 0.257 e. The summed E-state index contributed by atoms with van der Waals surface area (Å²) >= 11 is 0. The first-order chi connectivity index (χ1) is 11.7. The minimum atomic E-state index is -0.471. The van der Waals surface area contributed by atoms with Gasteiger partial charge in [-0.1, -0.05) is 20.8 Å². The van der Waals surface area contributed by atoms with E-state index in [-0.39, 0.29) is 22.8 Å². The van der Waals surface area contributed by atoms with Crippen molar-refractivity contribution in [3.8, 4) is 5.75 Å². The maximum absolute atomic E-state index is 13.5. The van der Waals surface area contributed by atoms with Crippen molar-refractivity contribution in [2.24, 2.45) is 5.41 Å². The molecule has 0 radical (unpaired) electrons. The molecule has 0 spiro atoms. The van der Waals surface area contributed by atoms with E-state index in [0.29, 0.717) is 44.8 Å². The van der Waals surface area contributed by atoms with Gasteiger partial charge in [-0.25, -0.2) is 4.39 Å². The number of methoxy groups -OCH3 is 1. The fourth-order valence-electron chi connectivity index (χ4n) is 2.95. The normalized spacial score (nSPS) is 15.7. The number of rotatable bonds is 3. The Kier molecular flexibility index (Phi) is 6.03. The van der Waals surface area contributed by atoms with Crippen LogP contribution in [0.3, 0.4) is 0 Å². The second kappa shape index (κ2) is 7.85. The Morgan fingerprint density at radius 3 is 2.40 bits per heavy atom. The van der Waals surface area contributed by atoms with Gasteiger partial charge in [0.2, 0.25) is 5.91 Å². The predicted octanol–water partition coefficient (Wildman–Crippen LogP) is 2.95. The van der Waals surface area contributed by atoms with E-state index in [1.165, 1.54) is 25.3 Å². The van der Waals surface area contributed by atoms with Crippen molar-refractivity contribution in [2.45, 2.75) is 33.6 Å². The summed E-state index contributed by atoms with van der Waals surface area (Å²) in [6.07, 6.45) is 1.19. The van der Waals surface area contributed by atoms with Crippen LogP contribution in [0.15, 0.2) is 18.2 Å². The quantitative estimate of drug-likeness (QED) is 0.842. The van der Waals surface area contributed by atoms with Gasteiger partial charge in [0.25, 0.3) is 5.91 Å². The summed E-state index contributed by atoms with van der Waals surface area (Å²) in [6, 6.07) is 3.93. The Balaban J connectivity index is 2.07. The zero-order valence-corrected chi connectivity index (χ0v) is 15.5. The zero-order valence-electron chi connectivity index (χ0n) is 15.5. The number of hydrogen-bond acceptors (Lipinski definition) is 3. The van der Waals surface area contributed by atoms with Crippen molar-refractivity contribution in [1.29, 1.82) is 0 Å². The van der Waals surface area contributed by atoms with Gasteiger partial charge in [0.05, 0.1) is 12.7 Å². The van der Waals surface area contributed by atoms with E-state index in [0.717, 1.165) is 0 Å². The van der Waals surface area contributed by atoms with Crippen molar-refractivity contribution < 1.29 is 18.7 Å². The molecule has 25 heavy (non-hydrogen) atoms. The summed E-state index contributed by atoms with van der Waals surface area (Å²) in [5.74, 6) is -0.260. The van der Waals surface area contributed by atoms with Crippen molar-refractivity contribution in [2.75, 3.05) is 33.3 Å². The molecular formula is C19H27FN2O3. The Hall–Kier alpha value is -2.11. The molecule has 0 unspecified atom stereocenters. The van der Waals surface area contributed by atoms with Crippen LogP contribution >= 0.6 is 0 Å². The van der Waals surface area contributed by atoms with Gasteiger partial charge in [-0.2, -0.15) is 0 Å². The van der Waals surface area contributed by atoms with Crippen LogP contribution in [0, 0.1) is 11.2 Å².